The average Bonchev–Trinajstić information content (AvgIpc) is 2.36. The van der Waals surface area contributed by atoms with Crippen LogP contribution in [0.3, 0.4) is 0 Å². The molecule has 88 valence electrons. The Morgan fingerprint density at radius 2 is 2.12 bits per heavy atom. The molecule has 0 unspecified atom stereocenters. The average molecular weight is 247 g/mol. The lowest BCUT2D eigenvalue weighted by Gasteiger charge is -2.17. The van der Waals surface area contributed by atoms with Gasteiger partial charge in [-0.1, -0.05) is 0 Å². The number of aromatic nitrogens is 1. The van der Waals surface area contributed by atoms with Crippen molar-refractivity contribution < 1.29 is 4.55 Å². The Morgan fingerprint density at radius 1 is 1.47 bits per heavy atom. The van der Waals surface area contributed by atoms with Crippen LogP contribution in [0.4, 0.5) is 0 Å². The molecule has 17 heavy (non-hydrogen) atoms. The summed E-state index contributed by atoms with van der Waals surface area (Å²) in [6.07, 6.45) is 1.50. The van der Waals surface area contributed by atoms with Crippen LogP contribution < -0.4 is 0 Å². The number of pyridine rings is 1. The Morgan fingerprint density at radius 3 is 2.59 bits per heavy atom. The van der Waals surface area contributed by atoms with Crippen molar-refractivity contribution in [3.05, 3.63) is 23.5 Å². The minimum absolute atomic E-state index is 0.169. The van der Waals surface area contributed by atoms with Crippen LogP contribution in [0.2, 0.25) is 0 Å². The molecule has 0 N–H and O–H groups in total. The molecular weight excluding hydrogens is 234 g/mol. The third kappa shape index (κ3) is 2.76. The Kier molecular flexibility index (Phi) is 4.11. The van der Waals surface area contributed by atoms with E-state index < -0.39 is 16.6 Å². The molecule has 1 aromatic rings. The van der Waals surface area contributed by atoms with Crippen LogP contribution in [-0.4, -0.2) is 15.3 Å². The Bertz CT molecular complexity index is 499. The van der Waals surface area contributed by atoms with Crippen molar-refractivity contribution in [2.45, 2.75) is 31.1 Å². The highest BCUT2D eigenvalue weighted by molar-refractivity contribution is 7.91. The second kappa shape index (κ2) is 5.18. The summed E-state index contributed by atoms with van der Waals surface area (Å²) < 4.78 is 11.8. The lowest BCUT2D eigenvalue weighted by Crippen LogP contribution is -2.17. The molecule has 0 aliphatic rings. The summed E-state index contributed by atoms with van der Waals surface area (Å²) in [5.41, 5.74) is 0.145. The van der Waals surface area contributed by atoms with Crippen molar-refractivity contribution in [1.29, 1.82) is 10.5 Å². The smallest absolute Gasteiger partial charge is 0.195 e. The number of hydrogen-bond donors (Lipinski definition) is 0. The Hall–Kier alpha value is -1.56. The van der Waals surface area contributed by atoms with Crippen molar-refractivity contribution in [3.63, 3.8) is 0 Å². The number of hydrogen-bond acceptors (Lipinski definition) is 4. The minimum Gasteiger partial charge on any atom is -0.611 e. The van der Waals surface area contributed by atoms with Crippen LogP contribution in [0.1, 0.15) is 32.0 Å². The van der Waals surface area contributed by atoms with E-state index in [-0.39, 0.29) is 5.69 Å². The highest BCUT2D eigenvalue weighted by Crippen LogP contribution is 2.25. The fourth-order valence-electron chi connectivity index (χ4n) is 1.26. The lowest BCUT2D eigenvalue weighted by atomic mass is 9.87. The molecule has 0 fully saturated rings. The summed E-state index contributed by atoms with van der Waals surface area (Å²) in [7, 11) is 0. The molecule has 0 aromatic carbocycles. The topological polar surface area (TPSA) is 83.5 Å². The maximum Gasteiger partial charge on any atom is 0.195 e. The van der Waals surface area contributed by atoms with Gasteiger partial charge in [-0.3, -0.25) is 0 Å². The van der Waals surface area contributed by atoms with Crippen molar-refractivity contribution in [2.24, 2.45) is 0 Å². The predicted octanol–water partition coefficient (Wildman–Crippen LogP) is 1.88. The third-order valence-corrected chi connectivity index (χ3v) is 3.79. The van der Waals surface area contributed by atoms with E-state index in [1.165, 1.54) is 6.20 Å². The van der Waals surface area contributed by atoms with E-state index in [9.17, 15) is 4.55 Å². The molecule has 0 spiro atoms. The van der Waals surface area contributed by atoms with Crippen LogP contribution in [0, 0.1) is 22.7 Å². The van der Waals surface area contributed by atoms with Gasteiger partial charge in [0.1, 0.15) is 11.8 Å². The molecule has 1 aromatic heterocycles. The molecule has 1 atom stereocenters. The predicted molar refractivity (Wildman–Crippen MR) is 64.5 cm³/mol. The maximum atomic E-state index is 11.8. The Labute approximate surface area is 104 Å². The Balaban J connectivity index is 3.35. The standard InChI is InChI=1S/C12H13N3OS/c1-4-17(16)11-5-9(12(2,3)8-14)7-15-10(11)6-13/h5,7H,4H2,1-3H3/t17-/m1/s1. The first-order chi connectivity index (χ1) is 7.96. The van der Waals surface area contributed by atoms with Gasteiger partial charge >= 0.3 is 0 Å². The van der Waals surface area contributed by atoms with Gasteiger partial charge in [0.15, 0.2) is 10.6 Å². The molecule has 0 saturated heterocycles. The van der Waals surface area contributed by atoms with Crippen LogP contribution in [-0.2, 0) is 16.6 Å². The highest BCUT2D eigenvalue weighted by atomic mass is 32.2. The fraction of sp³-hybridized carbons (Fsp3) is 0.417. The van der Waals surface area contributed by atoms with Gasteiger partial charge in [0.05, 0.1) is 11.5 Å². The van der Waals surface area contributed by atoms with Crippen molar-refractivity contribution in [1.82, 2.24) is 4.98 Å². The molecular formula is C12H13N3OS. The van der Waals surface area contributed by atoms with E-state index >= 15 is 0 Å². The van der Waals surface area contributed by atoms with Gasteiger partial charge in [-0.2, -0.15) is 10.5 Å². The van der Waals surface area contributed by atoms with E-state index in [4.69, 9.17) is 10.5 Å². The first-order valence-corrected chi connectivity index (χ1v) is 6.48. The van der Waals surface area contributed by atoms with Crippen LogP contribution >= 0.6 is 0 Å². The number of nitriles is 2. The minimum atomic E-state index is -1.24. The van der Waals surface area contributed by atoms with Gasteiger partial charge in [0, 0.05) is 12.3 Å². The molecule has 5 heteroatoms. The molecule has 1 heterocycles. The molecule has 0 radical (unpaired) electrons. The highest BCUT2D eigenvalue weighted by Gasteiger charge is 2.25. The molecule has 1 rings (SSSR count). The van der Waals surface area contributed by atoms with Crippen molar-refractivity contribution in [3.8, 4) is 12.1 Å². The molecule has 0 saturated carbocycles. The van der Waals surface area contributed by atoms with Crippen molar-refractivity contribution >= 4 is 11.2 Å². The van der Waals surface area contributed by atoms with Gasteiger partial charge in [-0.25, -0.2) is 4.98 Å². The zero-order valence-corrected chi connectivity index (χ0v) is 10.8. The second-order valence-corrected chi connectivity index (χ2v) is 5.76. The fourth-order valence-corrected chi connectivity index (χ4v) is 2.15. The second-order valence-electron chi connectivity index (χ2n) is 4.05. The molecule has 4 nitrogen and oxygen atoms in total. The first kappa shape index (κ1) is 13.5. The lowest BCUT2D eigenvalue weighted by molar-refractivity contribution is 0.594. The number of rotatable bonds is 3. The van der Waals surface area contributed by atoms with E-state index in [0.717, 1.165) is 0 Å². The largest absolute Gasteiger partial charge is 0.611 e. The summed E-state index contributed by atoms with van der Waals surface area (Å²) in [6, 6.07) is 5.72. The SMILES string of the molecule is CC[S@@+]([O-])c1cc(C(C)(C)C#N)cnc1C#N. The van der Waals surface area contributed by atoms with Crippen LogP contribution in [0.25, 0.3) is 0 Å². The summed E-state index contributed by atoms with van der Waals surface area (Å²) >= 11 is -1.24. The summed E-state index contributed by atoms with van der Waals surface area (Å²) in [5, 5.41) is 17.9. The number of nitrogens with zero attached hydrogens (tertiary/aromatic N) is 3. The molecule has 0 aliphatic heterocycles. The molecule has 0 bridgehead atoms. The van der Waals surface area contributed by atoms with E-state index in [1.807, 2.05) is 6.07 Å². The zero-order chi connectivity index (χ0) is 13.1. The quantitative estimate of drug-likeness (QED) is 0.763. The van der Waals surface area contributed by atoms with Gasteiger partial charge < -0.3 is 4.55 Å². The maximum absolute atomic E-state index is 11.8. The first-order valence-electron chi connectivity index (χ1n) is 5.16. The van der Waals surface area contributed by atoms with Crippen molar-refractivity contribution in [2.75, 3.05) is 5.75 Å². The molecule has 0 aliphatic carbocycles. The summed E-state index contributed by atoms with van der Waals surface area (Å²) in [4.78, 5) is 4.39. The van der Waals surface area contributed by atoms with Gasteiger partial charge in [0.25, 0.3) is 0 Å². The van der Waals surface area contributed by atoms with E-state index in [2.05, 4.69) is 11.1 Å². The van der Waals surface area contributed by atoms with Gasteiger partial charge in [0.2, 0.25) is 0 Å². The van der Waals surface area contributed by atoms with Crippen LogP contribution in [0.5, 0.6) is 0 Å². The van der Waals surface area contributed by atoms with E-state index in [1.54, 1.807) is 26.8 Å². The summed E-state index contributed by atoms with van der Waals surface area (Å²) in [6.45, 7) is 5.29. The van der Waals surface area contributed by atoms with Gasteiger partial charge in [-0.05, 0) is 37.5 Å². The monoisotopic (exact) mass is 247 g/mol. The van der Waals surface area contributed by atoms with Crippen LogP contribution in [0.15, 0.2) is 17.2 Å². The van der Waals surface area contributed by atoms with E-state index in [0.29, 0.717) is 16.2 Å². The molecule has 0 amide bonds. The summed E-state index contributed by atoms with van der Waals surface area (Å²) in [5.74, 6) is 0.423. The zero-order valence-electron chi connectivity index (χ0n) is 10.0. The normalized spacial score (nSPS) is 12.6. The third-order valence-electron chi connectivity index (χ3n) is 2.47. The van der Waals surface area contributed by atoms with Gasteiger partial charge in [-0.15, -0.1) is 0 Å².